The smallest absolute Gasteiger partial charge is 0.211 e. The summed E-state index contributed by atoms with van der Waals surface area (Å²) in [5, 5.41) is 18.5. The number of carbonyl (C=O) groups is 1. The van der Waals surface area contributed by atoms with Gasteiger partial charge in [0, 0.05) is 23.6 Å². The number of nitriles is 1. The first-order valence-corrected chi connectivity index (χ1v) is 10.5. The summed E-state index contributed by atoms with van der Waals surface area (Å²) in [5.74, 6) is 0.354. The lowest BCUT2D eigenvalue weighted by molar-refractivity contribution is -0.105. The Labute approximate surface area is 184 Å². The van der Waals surface area contributed by atoms with Gasteiger partial charge >= 0.3 is 0 Å². The molecule has 1 amide bonds. The molecule has 0 aromatic heterocycles. The minimum absolute atomic E-state index is 0.354. The number of carbonyl (C=O) groups excluding carboxylic acids is 1. The maximum absolute atomic E-state index is 10.8. The van der Waals surface area contributed by atoms with E-state index in [1.807, 2.05) is 25.1 Å². The molecule has 5 heteroatoms. The van der Waals surface area contributed by atoms with Crippen LogP contribution in [-0.2, 0) is 11.2 Å². The van der Waals surface area contributed by atoms with Gasteiger partial charge in [-0.15, -0.1) is 0 Å². The fourth-order valence-corrected chi connectivity index (χ4v) is 3.38. The lowest BCUT2D eigenvalue weighted by Gasteiger charge is -2.15. The van der Waals surface area contributed by atoms with Crippen molar-refractivity contribution in [2.24, 2.45) is 0 Å². The molecule has 0 fully saturated rings. The Bertz CT molecular complexity index is 1040. The molecule has 0 aliphatic carbocycles. The van der Waals surface area contributed by atoms with Crippen molar-refractivity contribution in [1.82, 2.24) is 5.32 Å². The topological polar surface area (TPSA) is 76.9 Å². The molecule has 0 bridgehead atoms. The molecule has 31 heavy (non-hydrogen) atoms. The first-order valence-electron chi connectivity index (χ1n) is 10.5. The zero-order chi connectivity index (χ0) is 22.1. The van der Waals surface area contributed by atoms with Crippen LogP contribution in [0.4, 0.5) is 17.1 Å². The van der Waals surface area contributed by atoms with Crippen LogP contribution in [-0.4, -0.2) is 19.5 Å². The number of rotatable bonds is 10. The molecule has 158 valence electrons. The maximum Gasteiger partial charge on any atom is 0.211 e. The SMILES string of the molecule is Cc1ccc([C@@H](C)CNCCc2ccc(Nc3ccc(C#N)cc3)cc2)cc1NC=O. The molecule has 3 aromatic carbocycles. The second-order valence-corrected chi connectivity index (χ2v) is 7.70. The van der Waals surface area contributed by atoms with Gasteiger partial charge in [0.15, 0.2) is 0 Å². The minimum Gasteiger partial charge on any atom is -0.356 e. The summed E-state index contributed by atoms with van der Waals surface area (Å²) in [5.41, 5.74) is 7.06. The van der Waals surface area contributed by atoms with E-state index in [2.05, 4.69) is 65.3 Å². The number of hydrogen-bond donors (Lipinski definition) is 3. The zero-order valence-corrected chi connectivity index (χ0v) is 18.0. The Morgan fingerprint density at radius 1 is 1.00 bits per heavy atom. The van der Waals surface area contributed by atoms with Gasteiger partial charge in [0.1, 0.15) is 0 Å². The Balaban J connectivity index is 1.44. The van der Waals surface area contributed by atoms with Gasteiger partial charge in [-0.25, -0.2) is 0 Å². The highest BCUT2D eigenvalue weighted by molar-refractivity contribution is 5.73. The highest BCUT2D eigenvalue weighted by Gasteiger charge is 2.07. The Morgan fingerprint density at radius 3 is 2.32 bits per heavy atom. The molecule has 0 aliphatic heterocycles. The number of hydrogen-bond acceptors (Lipinski definition) is 4. The molecule has 0 saturated carbocycles. The second kappa shape index (κ2) is 11.0. The molecular formula is C26H28N4O. The normalized spacial score (nSPS) is 11.4. The Kier molecular flexibility index (Phi) is 7.80. The van der Waals surface area contributed by atoms with Crippen LogP contribution in [0, 0.1) is 18.3 Å². The van der Waals surface area contributed by atoms with Gasteiger partial charge in [-0.1, -0.05) is 31.2 Å². The number of aryl methyl sites for hydroxylation is 1. The lowest BCUT2D eigenvalue weighted by atomic mass is 9.98. The van der Waals surface area contributed by atoms with E-state index in [1.54, 1.807) is 12.1 Å². The highest BCUT2D eigenvalue weighted by atomic mass is 16.1. The number of nitrogens with zero attached hydrogens (tertiary/aromatic N) is 1. The third kappa shape index (κ3) is 6.43. The molecule has 0 aliphatic rings. The maximum atomic E-state index is 10.8. The predicted octanol–water partition coefficient (Wildman–Crippen LogP) is 5.11. The molecule has 3 N–H and O–H groups in total. The van der Waals surface area contributed by atoms with Crippen molar-refractivity contribution in [2.75, 3.05) is 23.7 Å². The summed E-state index contributed by atoms with van der Waals surface area (Å²) in [6.07, 6.45) is 1.68. The first-order chi connectivity index (χ1) is 15.1. The minimum atomic E-state index is 0.354. The fraction of sp³-hybridized carbons (Fsp3) is 0.231. The van der Waals surface area contributed by atoms with Crippen molar-refractivity contribution in [3.63, 3.8) is 0 Å². The first kappa shape index (κ1) is 22.1. The molecule has 0 saturated heterocycles. The molecule has 0 spiro atoms. The van der Waals surface area contributed by atoms with E-state index in [4.69, 9.17) is 5.26 Å². The average Bonchev–Trinajstić information content (AvgIpc) is 2.80. The van der Waals surface area contributed by atoms with Gasteiger partial charge in [0.2, 0.25) is 6.41 Å². The molecule has 3 aromatic rings. The second-order valence-electron chi connectivity index (χ2n) is 7.70. The third-order valence-electron chi connectivity index (χ3n) is 5.34. The van der Waals surface area contributed by atoms with E-state index >= 15 is 0 Å². The average molecular weight is 413 g/mol. The van der Waals surface area contributed by atoms with Crippen molar-refractivity contribution < 1.29 is 4.79 Å². The van der Waals surface area contributed by atoms with Crippen LogP contribution in [0.1, 0.15) is 35.1 Å². The molecule has 0 heterocycles. The third-order valence-corrected chi connectivity index (χ3v) is 5.34. The van der Waals surface area contributed by atoms with Crippen LogP contribution < -0.4 is 16.0 Å². The van der Waals surface area contributed by atoms with E-state index in [-0.39, 0.29) is 0 Å². The summed E-state index contributed by atoms with van der Waals surface area (Å²) in [6, 6.07) is 24.2. The van der Waals surface area contributed by atoms with Crippen molar-refractivity contribution in [1.29, 1.82) is 5.26 Å². The van der Waals surface area contributed by atoms with Gasteiger partial charge in [0.25, 0.3) is 0 Å². The summed E-state index contributed by atoms with van der Waals surface area (Å²) in [6.45, 7) is 5.95. The largest absolute Gasteiger partial charge is 0.356 e. The zero-order valence-electron chi connectivity index (χ0n) is 18.0. The monoisotopic (exact) mass is 412 g/mol. The Morgan fingerprint density at radius 2 is 1.68 bits per heavy atom. The van der Waals surface area contributed by atoms with Crippen LogP contribution in [0.2, 0.25) is 0 Å². The van der Waals surface area contributed by atoms with Crippen LogP contribution in [0.15, 0.2) is 66.7 Å². The summed E-state index contributed by atoms with van der Waals surface area (Å²) >= 11 is 0. The fourth-order valence-electron chi connectivity index (χ4n) is 3.38. The van der Waals surface area contributed by atoms with Gasteiger partial charge in [-0.3, -0.25) is 4.79 Å². The molecule has 0 radical (unpaired) electrons. The predicted molar refractivity (Wildman–Crippen MR) is 127 cm³/mol. The van der Waals surface area contributed by atoms with Gasteiger partial charge in [-0.2, -0.15) is 5.26 Å². The van der Waals surface area contributed by atoms with Crippen molar-refractivity contribution in [3.8, 4) is 6.07 Å². The molecule has 5 nitrogen and oxygen atoms in total. The van der Waals surface area contributed by atoms with E-state index < -0.39 is 0 Å². The van der Waals surface area contributed by atoms with Crippen molar-refractivity contribution in [2.45, 2.75) is 26.2 Å². The number of anilines is 3. The molecule has 0 unspecified atom stereocenters. The quantitative estimate of drug-likeness (QED) is 0.319. The van der Waals surface area contributed by atoms with E-state index in [0.29, 0.717) is 11.5 Å². The van der Waals surface area contributed by atoms with Gasteiger partial charge in [0.05, 0.1) is 11.6 Å². The van der Waals surface area contributed by atoms with Crippen LogP contribution in [0.3, 0.4) is 0 Å². The van der Waals surface area contributed by atoms with Crippen LogP contribution in [0.5, 0.6) is 0 Å². The summed E-state index contributed by atoms with van der Waals surface area (Å²) in [4.78, 5) is 10.8. The van der Waals surface area contributed by atoms with Gasteiger partial charge < -0.3 is 16.0 Å². The number of benzene rings is 3. The van der Waals surface area contributed by atoms with Crippen LogP contribution >= 0.6 is 0 Å². The van der Waals surface area contributed by atoms with Crippen molar-refractivity contribution in [3.05, 3.63) is 89.0 Å². The molecular weight excluding hydrogens is 384 g/mol. The molecule has 3 rings (SSSR count). The van der Waals surface area contributed by atoms with Gasteiger partial charge in [-0.05, 0) is 85.0 Å². The summed E-state index contributed by atoms with van der Waals surface area (Å²) < 4.78 is 0. The van der Waals surface area contributed by atoms with E-state index in [1.165, 1.54) is 11.1 Å². The number of amides is 1. The summed E-state index contributed by atoms with van der Waals surface area (Å²) in [7, 11) is 0. The lowest BCUT2D eigenvalue weighted by Crippen LogP contribution is -2.22. The van der Waals surface area contributed by atoms with E-state index in [9.17, 15) is 4.79 Å². The van der Waals surface area contributed by atoms with E-state index in [0.717, 1.165) is 48.5 Å². The number of nitrogens with one attached hydrogen (secondary N) is 3. The van der Waals surface area contributed by atoms with Crippen molar-refractivity contribution >= 4 is 23.5 Å². The van der Waals surface area contributed by atoms with Crippen LogP contribution in [0.25, 0.3) is 0 Å². The Hall–Kier alpha value is -3.62. The highest BCUT2D eigenvalue weighted by Crippen LogP contribution is 2.22. The molecule has 1 atom stereocenters. The standard InChI is InChI=1S/C26H28N4O/c1-19-3-8-23(15-26(19)29-18-31)20(2)17-28-14-13-21-4-9-24(10-5-21)30-25-11-6-22(16-27)7-12-25/h3-12,15,18,20,28,30H,13-14,17H2,1-2H3,(H,29,31)/t20-/m0/s1.